The minimum absolute atomic E-state index is 0.0728. The zero-order valence-corrected chi connectivity index (χ0v) is 15.4. The van der Waals surface area contributed by atoms with E-state index >= 15 is 0 Å². The van der Waals surface area contributed by atoms with Gasteiger partial charge in [0.25, 0.3) is 10.0 Å². The Balaban J connectivity index is 2.01. The molecule has 3 aromatic rings. The third kappa shape index (κ3) is 3.51. The average Bonchev–Trinajstić information content (AvgIpc) is 2.95. The summed E-state index contributed by atoms with van der Waals surface area (Å²) in [7, 11) is -3.96. The summed E-state index contributed by atoms with van der Waals surface area (Å²) in [5.41, 5.74) is 1.40. The number of nitrogens with one attached hydrogen (secondary N) is 1. The van der Waals surface area contributed by atoms with E-state index in [0.717, 1.165) is 5.69 Å². The molecule has 0 atom stereocenters. The van der Waals surface area contributed by atoms with Crippen LogP contribution in [-0.2, 0) is 10.0 Å². The molecule has 2 aromatic heterocycles. The van der Waals surface area contributed by atoms with E-state index < -0.39 is 10.0 Å². The Bertz CT molecular complexity index is 1120. The average molecular weight is 389 g/mol. The first-order valence-electron chi connectivity index (χ1n) is 7.40. The number of hydrogen-bond donors (Lipinski definition) is 1. The SMILES string of the molecule is Cc1ccc(-n2nc(C)cc2NS(=O)(=O)c2ccc(Cl)c(C#N)c2)nn1. The molecule has 0 bridgehead atoms. The van der Waals surface area contributed by atoms with E-state index in [4.69, 9.17) is 16.9 Å². The van der Waals surface area contributed by atoms with Gasteiger partial charge >= 0.3 is 0 Å². The van der Waals surface area contributed by atoms with Gasteiger partial charge in [-0.25, -0.2) is 8.42 Å². The van der Waals surface area contributed by atoms with Gasteiger partial charge < -0.3 is 0 Å². The van der Waals surface area contributed by atoms with Gasteiger partial charge in [-0.2, -0.15) is 20.1 Å². The number of aryl methyl sites for hydroxylation is 2. The maximum absolute atomic E-state index is 12.7. The van der Waals surface area contributed by atoms with Gasteiger partial charge in [0.15, 0.2) is 5.82 Å². The number of nitrogens with zero attached hydrogens (tertiary/aromatic N) is 5. The molecule has 0 unspecified atom stereocenters. The molecule has 132 valence electrons. The molecule has 0 radical (unpaired) electrons. The lowest BCUT2D eigenvalue weighted by molar-refractivity contribution is 0.600. The molecule has 10 heteroatoms. The van der Waals surface area contributed by atoms with Crippen molar-refractivity contribution in [3.63, 3.8) is 0 Å². The molecule has 0 aliphatic carbocycles. The molecule has 1 aromatic carbocycles. The number of halogens is 1. The van der Waals surface area contributed by atoms with Crippen LogP contribution in [0.25, 0.3) is 5.82 Å². The molecule has 0 saturated carbocycles. The maximum atomic E-state index is 12.7. The van der Waals surface area contributed by atoms with E-state index in [1.54, 1.807) is 32.0 Å². The summed E-state index contributed by atoms with van der Waals surface area (Å²) in [6.45, 7) is 3.52. The topological polar surface area (TPSA) is 114 Å². The number of rotatable bonds is 4. The van der Waals surface area contributed by atoms with E-state index in [1.165, 1.54) is 22.9 Å². The van der Waals surface area contributed by atoms with Crippen LogP contribution in [0.15, 0.2) is 41.3 Å². The summed E-state index contributed by atoms with van der Waals surface area (Å²) >= 11 is 5.86. The number of benzene rings is 1. The fourth-order valence-corrected chi connectivity index (χ4v) is 3.42. The third-order valence-corrected chi connectivity index (χ3v) is 5.12. The molecule has 26 heavy (non-hydrogen) atoms. The van der Waals surface area contributed by atoms with Crippen molar-refractivity contribution in [2.45, 2.75) is 18.7 Å². The van der Waals surface area contributed by atoms with Crippen molar-refractivity contribution in [2.75, 3.05) is 4.72 Å². The predicted octanol–water partition coefficient (Wildman–Crippen LogP) is 2.61. The van der Waals surface area contributed by atoms with Gasteiger partial charge in [0.1, 0.15) is 11.9 Å². The van der Waals surface area contributed by atoms with Crippen LogP contribution in [0.3, 0.4) is 0 Å². The van der Waals surface area contributed by atoms with Gasteiger partial charge in [0, 0.05) is 6.07 Å². The molecular formula is C16H13ClN6O2S. The number of aromatic nitrogens is 4. The lowest BCUT2D eigenvalue weighted by Gasteiger charge is -2.10. The highest BCUT2D eigenvalue weighted by molar-refractivity contribution is 7.92. The van der Waals surface area contributed by atoms with E-state index in [-0.39, 0.29) is 21.3 Å². The zero-order valence-electron chi connectivity index (χ0n) is 13.8. The Labute approximate surface area is 155 Å². The lowest BCUT2D eigenvalue weighted by Crippen LogP contribution is -2.16. The Morgan fingerprint density at radius 2 is 1.88 bits per heavy atom. The third-order valence-electron chi connectivity index (χ3n) is 3.44. The molecule has 2 heterocycles. The van der Waals surface area contributed by atoms with Crippen molar-refractivity contribution in [3.8, 4) is 11.9 Å². The second kappa shape index (κ2) is 6.74. The van der Waals surface area contributed by atoms with Crippen molar-refractivity contribution < 1.29 is 8.42 Å². The molecule has 1 N–H and O–H groups in total. The predicted molar refractivity (Wildman–Crippen MR) is 95.6 cm³/mol. The van der Waals surface area contributed by atoms with Crippen LogP contribution in [-0.4, -0.2) is 28.4 Å². The minimum Gasteiger partial charge on any atom is -0.263 e. The highest BCUT2D eigenvalue weighted by Gasteiger charge is 2.20. The van der Waals surface area contributed by atoms with Crippen LogP contribution in [0.4, 0.5) is 5.82 Å². The number of sulfonamides is 1. The van der Waals surface area contributed by atoms with Crippen molar-refractivity contribution in [1.82, 2.24) is 20.0 Å². The van der Waals surface area contributed by atoms with E-state index in [0.29, 0.717) is 11.5 Å². The zero-order chi connectivity index (χ0) is 18.9. The molecule has 0 aliphatic heterocycles. The molecule has 0 spiro atoms. The van der Waals surface area contributed by atoms with Crippen molar-refractivity contribution >= 4 is 27.4 Å². The molecular weight excluding hydrogens is 376 g/mol. The highest BCUT2D eigenvalue weighted by Crippen LogP contribution is 2.23. The van der Waals surface area contributed by atoms with Crippen molar-refractivity contribution in [3.05, 3.63) is 58.4 Å². The highest BCUT2D eigenvalue weighted by atomic mass is 35.5. The molecule has 0 aliphatic rings. The monoisotopic (exact) mass is 388 g/mol. The fourth-order valence-electron chi connectivity index (χ4n) is 2.21. The van der Waals surface area contributed by atoms with Crippen LogP contribution < -0.4 is 4.72 Å². The Morgan fingerprint density at radius 3 is 2.54 bits per heavy atom. The minimum atomic E-state index is -3.96. The summed E-state index contributed by atoms with van der Waals surface area (Å²) in [4.78, 5) is -0.0844. The van der Waals surface area contributed by atoms with Crippen LogP contribution >= 0.6 is 11.6 Å². The first kappa shape index (κ1) is 17.8. The number of nitriles is 1. The van der Waals surface area contributed by atoms with E-state index in [9.17, 15) is 8.42 Å². The number of hydrogen-bond acceptors (Lipinski definition) is 6. The first-order valence-corrected chi connectivity index (χ1v) is 9.26. The summed E-state index contributed by atoms with van der Waals surface area (Å²) < 4.78 is 29.2. The second-order valence-corrected chi connectivity index (χ2v) is 7.56. The normalized spacial score (nSPS) is 11.2. The van der Waals surface area contributed by atoms with Gasteiger partial charge in [0.2, 0.25) is 0 Å². The fraction of sp³-hybridized carbons (Fsp3) is 0.125. The van der Waals surface area contributed by atoms with E-state index in [2.05, 4.69) is 20.0 Å². The lowest BCUT2D eigenvalue weighted by atomic mass is 10.2. The van der Waals surface area contributed by atoms with Crippen LogP contribution in [0.5, 0.6) is 0 Å². The van der Waals surface area contributed by atoms with Crippen LogP contribution in [0.2, 0.25) is 5.02 Å². The smallest absolute Gasteiger partial charge is 0.263 e. The largest absolute Gasteiger partial charge is 0.263 e. The van der Waals surface area contributed by atoms with Gasteiger partial charge in [-0.05, 0) is 44.2 Å². The summed E-state index contributed by atoms with van der Waals surface area (Å²) in [5.74, 6) is 0.573. The maximum Gasteiger partial charge on any atom is 0.263 e. The van der Waals surface area contributed by atoms with Crippen LogP contribution in [0, 0.1) is 25.2 Å². The Kier molecular flexibility index (Phi) is 4.63. The second-order valence-electron chi connectivity index (χ2n) is 5.47. The molecule has 0 amide bonds. The Hall–Kier alpha value is -2.96. The molecule has 0 saturated heterocycles. The summed E-state index contributed by atoms with van der Waals surface area (Å²) in [6.07, 6.45) is 0. The molecule has 8 nitrogen and oxygen atoms in total. The Morgan fingerprint density at radius 1 is 1.12 bits per heavy atom. The van der Waals surface area contributed by atoms with Gasteiger partial charge in [-0.1, -0.05) is 11.6 Å². The summed E-state index contributed by atoms with van der Waals surface area (Å²) in [6, 6.07) is 10.8. The standard InChI is InChI=1S/C16H13ClN6O2S/c1-10-3-6-15(20-19-10)23-16(7-11(2)21-23)22-26(24,25)13-4-5-14(17)12(8-13)9-18/h3-8,22H,1-2H3. The van der Waals surface area contributed by atoms with Gasteiger partial charge in [-0.15, -0.1) is 5.10 Å². The number of anilines is 1. The first-order chi connectivity index (χ1) is 12.3. The van der Waals surface area contributed by atoms with Gasteiger partial charge in [-0.3, -0.25) is 4.72 Å². The van der Waals surface area contributed by atoms with Crippen molar-refractivity contribution in [1.29, 1.82) is 5.26 Å². The summed E-state index contributed by atoms with van der Waals surface area (Å²) in [5, 5.41) is 21.4. The quantitative estimate of drug-likeness (QED) is 0.734. The van der Waals surface area contributed by atoms with Crippen LogP contribution in [0.1, 0.15) is 17.0 Å². The van der Waals surface area contributed by atoms with E-state index in [1.807, 2.05) is 6.07 Å². The van der Waals surface area contributed by atoms with Crippen molar-refractivity contribution in [2.24, 2.45) is 0 Å². The van der Waals surface area contributed by atoms with Gasteiger partial charge in [0.05, 0.1) is 26.9 Å². The molecule has 0 fully saturated rings. The molecule has 3 rings (SSSR count).